The highest BCUT2D eigenvalue weighted by Gasteiger charge is 2.22. The van der Waals surface area contributed by atoms with Crippen LogP contribution in [0, 0.1) is 0 Å². The molecule has 0 unspecified atom stereocenters. The first kappa shape index (κ1) is 18.1. The molecule has 2 aliphatic rings. The fraction of sp³-hybridized carbons (Fsp3) is 0.545. The number of methoxy groups -OCH3 is 2. The Morgan fingerprint density at radius 1 is 0.889 bits per heavy atom. The van der Waals surface area contributed by atoms with Crippen LogP contribution in [0.5, 0.6) is 11.5 Å². The molecule has 1 fully saturated rings. The van der Waals surface area contributed by atoms with Gasteiger partial charge in [-0.15, -0.1) is 0 Å². The van der Waals surface area contributed by atoms with Crippen molar-refractivity contribution in [1.82, 2.24) is 9.97 Å². The largest absolute Gasteiger partial charge is 0.493 e. The maximum Gasteiger partial charge on any atom is 0.161 e. The molecule has 4 rings (SSSR count). The summed E-state index contributed by atoms with van der Waals surface area (Å²) in [4.78, 5) is 9.88. The summed E-state index contributed by atoms with van der Waals surface area (Å²) in [6.45, 7) is 0. The van der Waals surface area contributed by atoms with Gasteiger partial charge in [0.15, 0.2) is 17.3 Å². The lowest BCUT2D eigenvalue weighted by Crippen LogP contribution is -2.25. The van der Waals surface area contributed by atoms with Crippen molar-refractivity contribution >= 4 is 5.82 Å². The highest BCUT2D eigenvalue weighted by molar-refractivity contribution is 5.64. The van der Waals surface area contributed by atoms with E-state index in [1.54, 1.807) is 14.2 Å². The number of aromatic nitrogens is 2. The summed E-state index contributed by atoms with van der Waals surface area (Å²) >= 11 is 0. The van der Waals surface area contributed by atoms with Crippen molar-refractivity contribution in [2.75, 3.05) is 19.5 Å². The van der Waals surface area contributed by atoms with Gasteiger partial charge in [0.1, 0.15) is 5.82 Å². The Hall–Kier alpha value is -2.30. The minimum atomic E-state index is 0.540. The van der Waals surface area contributed by atoms with E-state index in [4.69, 9.17) is 19.4 Å². The molecule has 1 heterocycles. The lowest BCUT2D eigenvalue weighted by molar-refractivity contribution is 0.355. The van der Waals surface area contributed by atoms with Crippen molar-refractivity contribution in [3.63, 3.8) is 0 Å². The van der Waals surface area contributed by atoms with Gasteiger partial charge in [0, 0.05) is 22.9 Å². The van der Waals surface area contributed by atoms with Crippen LogP contribution in [0.1, 0.15) is 56.2 Å². The van der Waals surface area contributed by atoms with Crippen LogP contribution in [0.2, 0.25) is 0 Å². The second kappa shape index (κ2) is 8.15. The predicted octanol–water partition coefficient (Wildman–Crippen LogP) is 4.78. The van der Waals surface area contributed by atoms with Crippen LogP contribution in [-0.2, 0) is 12.8 Å². The number of nitrogens with one attached hydrogen (secondary N) is 1. The molecule has 144 valence electrons. The van der Waals surface area contributed by atoms with Crippen molar-refractivity contribution in [3.8, 4) is 22.9 Å². The first-order valence-electron chi connectivity index (χ1n) is 10.2. The van der Waals surface area contributed by atoms with Gasteiger partial charge in [-0.25, -0.2) is 9.97 Å². The van der Waals surface area contributed by atoms with Crippen LogP contribution in [0.25, 0.3) is 11.4 Å². The topological polar surface area (TPSA) is 56.3 Å². The molecule has 2 aliphatic carbocycles. The van der Waals surface area contributed by atoms with Gasteiger partial charge in [-0.2, -0.15) is 0 Å². The SMILES string of the molecule is COc1ccc(-c2nc3c(c(NC4CCCCC4)n2)CCCC3)cc1OC. The molecule has 0 spiro atoms. The van der Waals surface area contributed by atoms with Crippen LogP contribution in [0.3, 0.4) is 0 Å². The number of ether oxygens (including phenoxy) is 2. The minimum absolute atomic E-state index is 0.540. The Morgan fingerprint density at radius 3 is 2.44 bits per heavy atom. The zero-order valence-corrected chi connectivity index (χ0v) is 16.4. The van der Waals surface area contributed by atoms with Crippen molar-refractivity contribution in [1.29, 1.82) is 0 Å². The van der Waals surface area contributed by atoms with Crippen molar-refractivity contribution in [2.24, 2.45) is 0 Å². The summed E-state index contributed by atoms with van der Waals surface area (Å²) < 4.78 is 10.8. The Morgan fingerprint density at radius 2 is 1.67 bits per heavy atom. The summed E-state index contributed by atoms with van der Waals surface area (Å²) in [5.41, 5.74) is 3.50. The third-order valence-electron chi connectivity index (χ3n) is 5.77. The van der Waals surface area contributed by atoms with Crippen molar-refractivity contribution < 1.29 is 9.47 Å². The first-order chi connectivity index (χ1) is 13.3. The minimum Gasteiger partial charge on any atom is -0.493 e. The summed E-state index contributed by atoms with van der Waals surface area (Å²) in [7, 11) is 3.31. The Bertz CT molecular complexity index is 800. The number of rotatable bonds is 5. The fourth-order valence-corrected chi connectivity index (χ4v) is 4.26. The summed E-state index contributed by atoms with van der Waals surface area (Å²) in [6, 6.07) is 6.44. The van der Waals surface area contributed by atoms with Gasteiger partial charge in [-0.05, 0) is 56.7 Å². The molecule has 0 amide bonds. The number of nitrogens with zero attached hydrogens (tertiary/aromatic N) is 2. The van der Waals surface area contributed by atoms with E-state index in [0.717, 1.165) is 35.8 Å². The van der Waals surface area contributed by atoms with Crippen LogP contribution in [0.15, 0.2) is 18.2 Å². The average molecular weight is 367 g/mol. The Kier molecular flexibility index (Phi) is 5.46. The van der Waals surface area contributed by atoms with Crippen LogP contribution in [0.4, 0.5) is 5.82 Å². The Labute approximate surface area is 161 Å². The zero-order chi connectivity index (χ0) is 18.6. The molecule has 2 aromatic rings. The van der Waals surface area contributed by atoms with Gasteiger partial charge >= 0.3 is 0 Å². The second-order valence-electron chi connectivity index (χ2n) is 7.58. The van der Waals surface area contributed by atoms with Crippen LogP contribution >= 0.6 is 0 Å². The number of hydrogen-bond donors (Lipinski definition) is 1. The lowest BCUT2D eigenvalue weighted by Gasteiger charge is -2.26. The third kappa shape index (κ3) is 3.87. The first-order valence-corrected chi connectivity index (χ1v) is 10.2. The van der Waals surface area contributed by atoms with E-state index in [-0.39, 0.29) is 0 Å². The number of aryl methyl sites for hydroxylation is 1. The number of hydrogen-bond acceptors (Lipinski definition) is 5. The molecule has 0 saturated heterocycles. The number of anilines is 1. The normalized spacial score (nSPS) is 17.3. The van der Waals surface area contributed by atoms with E-state index in [0.29, 0.717) is 11.8 Å². The van der Waals surface area contributed by atoms with Gasteiger partial charge in [-0.3, -0.25) is 0 Å². The van der Waals surface area contributed by atoms with Gasteiger partial charge in [0.2, 0.25) is 0 Å². The van der Waals surface area contributed by atoms with Gasteiger partial charge < -0.3 is 14.8 Å². The molecule has 1 aromatic heterocycles. The maximum atomic E-state index is 5.47. The fourth-order valence-electron chi connectivity index (χ4n) is 4.26. The van der Waals surface area contributed by atoms with Crippen molar-refractivity contribution in [3.05, 3.63) is 29.5 Å². The Balaban J connectivity index is 1.71. The zero-order valence-electron chi connectivity index (χ0n) is 16.4. The van der Waals surface area contributed by atoms with E-state index in [9.17, 15) is 0 Å². The summed E-state index contributed by atoms with van der Waals surface area (Å²) in [6.07, 6.45) is 11.0. The molecule has 0 atom stereocenters. The second-order valence-corrected chi connectivity index (χ2v) is 7.58. The van der Waals surface area contributed by atoms with E-state index in [2.05, 4.69) is 5.32 Å². The van der Waals surface area contributed by atoms with Gasteiger partial charge in [-0.1, -0.05) is 19.3 Å². The maximum absolute atomic E-state index is 5.47. The standard InChI is InChI=1S/C22H29N3O2/c1-26-19-13-12-15(14-20(19)27-2)21-24-18-11-7-6-10-17(18)22(25-21)23-16-8-4-3-5-9-16/h12-14,16H,3-11H2,1-2H3,(H,23,24,25). The van der Waals surface area contributed by atoms with Crippen molar-refractivity contribution in [2.45, 2.75) is 63.8 Å². The quantitative estimate of drug-likeness (QED) is 0.824. The van der Waals surface area contributed by atoms with Gasteiger partial charge in [0.05, 0.1) is 14.2 Å². The molecule has 0 radical (unpaired) electrons. The molecule has 0 aliphatic heterocycles. The van der Waals surface area contributed by atoms with Gasteiger partial charge in [0.25, 0.3) is 0 Å². The molecule has 5 heteroatoms. The van der Waals surface area contributed by atoms with E-state index >= 15 is 0 Å². The predicted molar refractivity (Wildman–Crippen MR) is 108 cm³/mol. The van der Waals surface area contributed by atoms with Crippen LogP contribution in [-0.4, -0.2) is 30.2 Å². The third-order valence-corrected chi connectivity index (χ3v) is 5.77. The molecular weight excluding hydrogens is 338 g/mol. The molecule has 1 N–H and O–H groups in total. The molecule has 1 aromatic carbocycles. The highest BCUT2D eigenvalue weighted by Crippen LogP contribution is 2.34. The van der Waals surface area contributed by atoms with E-state index in [1.807, 2.05) is 18.2 Å². The highest BCUT2D eigenvalue weighted by atomic mass is 16.5. The molecule has 1 saturated carbocycles. The molecular formula is C22H29N3O2. The van der Waals surface area contributed by atoms with Crippen LogP contribution < -0.4 is 14.8 Å². The van der Waals surface area contributed by atoms with E-state index < -0.39 is 0 Å². The molecule has 0 bridgehead atoms. The molecule has 5 nitrogen and oxygen atoms in total. The smallest absolute Gasteiger partial charge is 0.161 e. The summed E-state index contributed by atoms with van der Waals surface area (Å²) in [5.74, 6) is 3.25. The monoisotopic (exact) mass is 367 g/mol. The number of benzene rings is 1. The van der Waals surface area contributed by atoms with E-state index in [1.165, 1.54) is 56.2 Å². The molecule has 27 heavy (non-hydrogen) atoms. The average Bonchev–Trinajstić information content (AvgIpc) is 2.74. The number of fused-ring (bicyclic) bond motifs is 1. The summed E-state index contributed by atoms with van der Waals surface area (Å²) in [5, 5.41) is 3.76. The lowest BCUT2D eigenvalue weighted by atomic mass is 9.93.